The number of anilines is 1. The zero-order valence-electron chi connectivity index (χ0n) is 15.8. The molecule has 0 atom stereocenters. The fourth-order valence-electron chi connectivity index (χ4n) is 2.81. The van der Waals surface area contributed by atoms with E-state index in [1.807, 2.05) is 24.3 Å². The van der Waals surface area contributed by atoms with Crippen molar-refractivity contribution in [1.82, 2.24) is 4.98 Å². The predicted molar refractivity (Wildman–Crippen MR) is 111 cm³/mol. The summed E-state index contributed by atoms with van der Waals surface area (Å²) in [5.41, 5.74) is 1.29. The summed E-state index contributed by atoms with van der Waals surface area (Å²) in [6.45, 7) is 0.0397. The van der Waals surface area contributed by atoms with Crippen molar-refractivity contribution in [2.24, 2.45) is 0 Å². The topological polar surface area (TPSA) is 73.6 Å². The molecule has 0 aliphatic carbocycles. The maximum atomic E-state index is 13.1. The molecule has 1 N–H and O–H groups in total. The number of fused-ring (bicyclic) bond motifs is 1. The standard InChI is InChI=1S/C22H16ClFN2O4/c1-28-16-4-2-13-8-15(11-25-19(13)10-16)26-22(27)21-7-5-17(30-21)12-29-20-6-3-14(24)9-18(20)23/h2-11H,12H2,1H3,(H,26,27). The molecule has 4 rings (SSSR count). The lowest BCUT2D eigenvalue weighted by Crippen LogP contribution is -2.11. The summed E-state index contributed by atoms with van der Waals surface area (Å²) in [5, 5.41) is 3.76. The summed E-state index contributed by atoms with van der Waals surface area (Å²) in [6.07, 6.45) is 1.56. The molecule has 0 radical (unpaired) electrons. The van der Waals surface area contributed by atoms with E-state index in [-0.39, 0.29) is 17.4 Å². The minimum absolute atomic E-state index is 0.0397. The summed E-state index contributed by atoms with van der Waals surface area (Å²) in [6, 6.07) is 14.3. The summed E-state index contributed by atoms with van der Waals surface area (Å²) in [7, 11) is 1.59. The number of hydrogen-bond donors (Lipinski definition) is 1. The summed E-state index contributed by atoms with van der Waals surface area (Å²) in [4.78, 5) is 16.8. The van der Waals surface area contributed by atoms with Crippen LogP contribution in [0.5, 0.6) is 11.5 Å². The van der Waals surface area contributed by atoms with Crippen LogP contribution in [0.3, 0.4) is 0 Å². The third kappa shape index (κ3) is 4.36. The molecular weight excluding hydrogens is 411 g/mol. The van der Waals surface area contributed by atoms with Gasteiger partial charge in [-0.25, -0.2) is 4.39 Å². The molecule has 8 heteroatoms. The summed E-state index contributed by atoms with van der Waals surface area (Å²) < 4.78 is 29.3. The van der Waals surface area contributed by atoms with Crippen LogP contribution in [-0.4, -0.2) is 18.0 Å². The van der Waals surface area contributed by atoms with Gasteiger partial charge in [0.25, 0.3) is 5.91 Å². The van der Waals surface area contributed by atoms with Crippen LogP contribution in [0.25, 0.3) is 10.9 Å². The highest BCUT2D eigenvalue weighted by molar-refractivity contribution is 6.32. The monoisotopic (exact) mass is 426 g/mol. The highest BCUT2D eigenvalue weighted by Crippen LogP contribution is 2.26. The number of pyridine rings is 1. The van der Waals surface area contributed by atoms with Gasteiger partial charge in [0.2, 0.25) is 0 Å². The average molecular weight is 427 g/mol. The van der Waals surface area contributed by atoms with E-state index in [9.17, 15) is 9.18 Å². The number of hydrogen-bond acceptors (Lipinski definition) is 5. The molecule has 0 saturated heterocycles. The van der Waals surface area contributed by atoms with Gasteiger partial charge < -0.3 is 19.2 Å². The van der Waals surface area contributed by atoms with E-state index in [1.165, 1.54) is 12.1 Å². The molecule has 6 nitrogen and oxygen atoms in total. The minimum Gasteiger partial charge on any atom is -0.497 e. The zero-order chi connectivity index (χ0) is 21.1. The fourth-order valence-corrected chi connectivity index (χ4v) is 3.03. The molecule has 2 aromatic carbocycles. The van der Waals surface area contributed by atoms with Crippen molar-refractivity contribution in [2.45, 2.75) is 6.61 Å². The van der Waals surface area contributed by atoms with Gasteiger partial charge in [-0.1, -0.05) is 11.6 Å². The first-order valence-corrected chi connectivity index (χ1v) is 9.31. The quantitative estimate of drug-likeness (QED) is 0.443. The normalized spacial score (nSPS) is 10.8. The number of rotatable bonds is 6. The van der Waals surface area contributed by atoms with Gasteiger partial charge in [0, 0.05) is 11.5 Å². The van der Waals surface area contributed by atoms with E-state index in [2.05, 4.69) is 10.3 Å². The molecule has 0 fully saturated rings. The molecule has 0 spiro atoms. The van der Waals surface area contributed by atoms with Crippen LogP contribution in [0.1, 0.15) is 16.3 Å². The van der Waals surface area contributed by atoms with E-state index in [0.29, 0.717) is 22.9 Å². The number of halogens is 2. The largest absolute Gasteiger partial charge is 0.497 e. The second-order valence-electron chi connectivity index (χ2n) is 6.37. The molecule has 1 amide bonds. The maximum Gasteiger partial charge on any atom is 0.291 e. The number of nitrogens with zero attached hydrogens (tertiary/aromatic N) is 1. The Hall–Kier alpha value is -3.58. The van der Waals surface area contributed by atoms with Crippen LogP contribution in [0, 0.1) is 5.82 Å². The number of carbonyl (C=O) groups excluding carboxylic acids is 1. The van der Waals surface area contributed by atoms with Crippen LogP contribution < -0.4 is 14.8 Å². The van der Waals surface area contributed by atoms with Gasteiger partial charge in [-0.15, -0.1) is 0 Å². The molecule has 0 aliphatic rings. The Labute approximate surface area is 176 Å². The van der Waals surface area contributed by atoms with Gasteiger partial charge in [0.05, 0.1) is 29.5 Å². The van der Waals surface area contributed by atoms with E-state index < -0.39 is 11.7 Å². The molecule has 4 aromatic rings. The number of carbonyl (C=O) groups is 1. The Morgan fingerprint density at radius 1 is 1.17 bits per heavy atom. The number of aromatic nitrogens is 1. The van der Waals surface area contributed by atoms with Gasteiger partial charge in [-0.3, -0.25) is 9.78 Å². The SMILES string of the molecule is COc1ccc2cc(NC(=O)c3ccc(COc4ccc(F)cc4Cl)o3)cnc2c1. The summed E-state index contributed by atoms with van der Waals surface area (Å²) >= 11 is 5.93. The Morgan fingerprint density at radius 3 is 2.83 bits per heavy atom. The zero-order valence-corrected chi connectivity index (χ0v) is 16.6. The van der Waals surface area contributed by atoms with Gasteiger partial charge >= 0.3 is 0 Å². The first-order chi connectivity index (χ1) is 14.5. The highest BCUT2D eigenvalue weighted by atomic mass is 35.5. The highest BCUT2D eigenvalue weighted by Gasteiger charge is 2.13. The van der Waals surface area contributed by atoms with Gasteiger partial charge in [-0.2, -0.15) is 0 Å². The van der Waals surface area contributed by atoms with Crippen LogP contribution in [0.4, 0.5) is 10.1 Å². The van der Waals surface area contributed by atoms with E-state index in [1.54, 1.807) is 25.4 Å². The smallest absolute Gasteiger partial charge is 0.291 e. The summed E-state index contributed by atoms with van der Waals surface area (Å²) in [5.74, 6) is 0.693. The number of benzene rings is 2. The van der Waals surface area contributed by atoms with E-state index >= 15 is 0 Å². The molecule has 0 saturated carbocycles. The van der Waals surface area contributed by atoms with Crippen molar-refractivity contribution in [2.75, 3.05) is 12.4 Å². The van der Waals surface area contributed by atoms with Gasteiger partial charge in [-0.05, 0) is 48.5 Å². The number of ether oxygens (including phenoxy) is 2. The Morgan fingerprint density at radius 2 is 2.03 bits per heavy atom. The van der Waals surface area contributed by atoms with Crippen LogP contribution in [0.2, 0.25) is 5.02 Å². The number of furan rings is 1. The van der Waals surface area contributed by atoms with E-state index in [0.717, 1.165) is 17.0 Å². The van der Waals surface area contributed by atoms with Crippen molar-refractivity contribution < 1.29 is 23.1 Å². The second kappa shape index (κ2) is 8.42. The van der Waals surface area contributed by atoms with Crippen LogP contribution >= 0.6 is 11.6 Å². The van der Waals surface area contributed by atoms with Crippen molar-refractivity contribution in [1.29, 1.82) is 0 Å². The molecular formula is C22H16ClFN2O4. The third-order valence-electron chi connectivity index (χ3n) is 4.30. The average Bonchev–Trinajstić information content (AvgIpc) is 3.22. The molecule has 0 bridgehead atoms. The van der Waals surface area contributed by atoms with Gasteiger partial charge in [0.15, 0.2) is 5.76 Å². The lowest BCUT2D eigenvalue weighted by atomic mass is 10.2. The third-order valence-corrected chi connectivity index (χ3v) is 4.59. The molecule has 30 heavy (non-hydrogen) atoms. The minimum atomic E-state index is -0.452. The predicted octanol–water partition coefficient (Wildman–Crippen LogP) is 5.46. The number of nitrogens with one attached hydrogen (secondary N) is 1. The maximum absolute atomic E-state index is 13.1. The van der Waals surface area contributed by atoms with Crippen LogP contribution in [-0.2, 0) is 6.61 Å². The van der Waals surface area contributed by atoms with Crippen LogP contribution in [0.15, 0.2) is 65.2 Å². The molecule has 152 valence electrons. The lowest BCUT2D eigenvalue weighted by Gasteiger charge is -2.07. The van der Waals surface area contributed by atoms with Gasteiger partial charge in [0.1, 0.15) is 29.7 Å². The van der Waals surface area contributed by atoms with Crippen molar-refractivity contribution in [3.8, 4) is 11.5 Å². The first-order valence-electron chi connectivity index (χ1n) is 8.93. The number of amides is 1. The Balaban J connectivity index is 1.41. The number of methoxy groups -OCH3 is 1. The molecule has 0 aliphatic heterocycles. The Kier molecular flexibility index (Phi) is 5.54. The van der Waals surface area contributed by atoms with E-state index in [4.69, 9.17) is 25.5 Å². The molecule has 2 aromatic heterocycles. The molecule has 0 unspecified atom stereocenters. The van der Waals surface area contributed by atoms with Crippen molar-refractivity contribution in [3.63, 3.8) is 0 Å². The second-order valence-corrected chi connectivity index (χ2v) is 6.77. The van der Waals surface area contributed by atoms with Crippen molar-refractivity contribution in [3.05, 3.63) is 83.2 Å². The Bertz CT molecular complexity index is 1220. The fraction of sp³-hybridized carbons (Fsp3) is 0.0909. The first kappa shape index (κ1) is 19.7. The molecule has 2 heterocycles. The lowest BCUT2D eigenvalue weighted by molar-refractivity contribution is 0.0992. The van der Waals surface area contributed by atoms with Crippen molar-refractivity contribution >= 4 is 34.1 Å².